The molecule has 2 rings (SSSR count). The Hall–Kier alpha value is -1.06. The minimum Gasteiger partial charge on any atom is -0.349 e. The first-order valence-electron chi connectivity index (χ1n) is 6.43. The number of carbonyl (C=O) groups excluding carboxylic acids is 1. The lowest BCUT2D eigenvalue weighted by atomic mass is 9.98. The van der Waals surface area contributed by atoms with Crippen LogP contribution in [0, 0.1) is 5.92 Å². The number of nitrogens with one attached hydrogen (secondary N) is 2. The Labute approximate surface area is 113 Å². The molecule has 1 aliphatic heterocycles. The Kier molecular flexibility index (Phi) is 4.61. The van der Waals surface area contributed by atoms with Crippen LogP contribution in [-0.4, -0.2) is 19.0 Å². The van der Waals surface area contributed by atoms with Crippen LogP contribution in [0.3, 0.4) is 0 Å². The second-order valence-electron chi connectivity index (χ2n) is 4.83. The van der Waals surface area contributed by atoms with E-state index >= 15 is 0 Å². The number of carbonyl (C=O) groups is 1. The number of amides is 1. The van der Waals surface area contributed by atoms with Crippen LogP contribution in [0.5, 0.6) is 0 Å². The quantitative estimate of drug-likeness (QED) is 0.883. The molecule has 1 aliphatic rings. The normalized spacial score (nSPS) is 21.3. The standard InChI is InChI=1S/C14H19ClN2O/c1-10(11-4-2-6-13(15)8-11)17-14(18)12-5-3-7-16-9-12/h2,4,6,8,10,12,16H,3,5,7,9H2,1H3,(H,17,18)/t10-,12+/m1/s1. The van der Waals surface area contributed by atoms with Crippen molar-refractivity contribution in [3.8, 4) is 0 Å². The molecule has 4 heteroatoms. The van der Waals surface area contributed by atoms with E-state index < -0.39 is 0 Å². The molecule has 0 saturated carbocycles. The molecule has 18 heavy (non-hydrogen) atoms. The first-order chi connectivity index (χ1) is 8.66. The summed E-state index contributed by atoms with van der Waals surface area (Å²) in [5.74, 6) is 0.232. The Balaban J connectivity index is 1.94. The molecule has 2 atom stereocenters. The van der Waals surface area contributed by atoms with Gasteiger partial charge in [-0.25, -0.2) is 0 Å². The van der Waals surface area contributed by atoms with E-state index in [0.717, 1.165) is 31.5 Å². The molecule has 98 valence electrons. The van der Waals surface area contributed by atoms with Gasteiger partial charge < -0.3 is 10.6 Å². The summed E-state index contributed by atoms with van der Waals surface area (Å²) >= 11 is 5.95. The summed E-state index contributed by atoms with van der Waals surface area (Å²) in [5, 5.41) is 7.01. The number of hydrogen-bond donors (Lipinski definition) is 2. The van der Waals surface area contributed by atoms with Crippen LogP contribution < -0.4 is 10.6 Å². The Morgan fingerprint density at radius 2 is 2.39 bits per heavy atom. The second-order valence-corrected chi connectivity index (χ2v) is 5.26. The predicted molar refractivity (Wildman–Crippen MR) is 73.6 cm³/mol. The molecule has 2 N–H and O–H groups in total. The minimum absolute atomic E-state index is 0.00173. The fraction of sp³-hybridized carbons (Fsp3) is 0.500. The van der Waals surface area contributed by atoms with Gasteiger partial charge in [0, 0.05) is 11.6 Å². The van der Waals surface area contributed by atoms with Crippen LogP contribution in [0.4, 0.5) is 0 Å². The maximum atomic E-state index is 12.1. The maximum absolute atomic E-state index is 12.1. The SMILES string of the molecule is C[C@@H](NC(=O)[C@H]1CCCNC1)c1cccc(Cl)c1. The zero-order valence-corrected chi connectivity index (χ0v) is 11.3. The van der Waals surface area contributed by atoms with Gasteiger partial charge in [-0.05, 0) is 44.0 Å². The van der Waals surface area contributed by atoms with Gasteiger partial charge in [0.15, 0.2) is 0 Å². The molecule has 1 aromatic rings. The number of hydrogen-bond acceptors (Lipinski definition) is 2. The molecule has 1 saturated heterocycles. The van der Waals surface area contributed by atoms with Crippen LogP contribution in [0.1, 0.15) is 31.4 Å². The summed E-state index contributed by atoms with van der Waals surface area (Å²) in [6, 6.07) is 7.62. The van der Waals surface area contributed by atoms with E-state index in [2.05, 4.69) is 10.6 Å². The van der Waals surface area contributed by atoms with E-state index in [4.69, 9.17) is 11.6 Å². The fourth-order valence-electron chi connectivity index (χ4n) is 2.27. The number of piperidine rings is 1. The van der Waals surface area contributed by atoms with Crippen molar-refractivity contribution in [3.05, 3.63) is 34.9 Å². The van der Waals surface area contributed by atoms with Crippen LogP contribution >= 0.6 is 11.6 Å². The van der Waals surface area contributed by atoms with Gasteiger partial charge in [-0.2, -0.15) is 0 Å². The van der Waals surface area contributed by atoms with Gasteiger partial charge in [0.2, 0.25) is 5.91 Å². The lowest BCUT2D eigenvalue weighted by Crippen LogP contribution is -2.41. The summed E-state index contributed by atoms with van der Waals surface area (Å²) in [6.07, 6.45) is 2.05. The molecule has 0 aromatic heterocycles. The Morgan fingerprint density at radius 3 is 3.06 bits per heavy atom. The fourth-order valence-corrected chi connectivity index (χ4v) is 2.46. The lowest BCUT2D eigenvalue weighted by Gasteiger charge is -2.24. The average Bonchev–Trinajstić information content (AvgIpc) is 2.39. The molecule has 1 amide bonds. The minimum atomic E-state index is -0.00173. The highest BCUT2D eigenvalue weighted by Crippen LogP contribution is 2.18. The van der Waals surface area contributed by atoms with Crippen LogP contribution in [-0.2, 0) is 4.79 Å². The zero-order valence-electron chi connectivity index (χ0n) is 10.6. The highest BCUT2D eigenvalue weighted by molar-refractivity contribution is 6.30. The molecule has 3 nitrogen and oxygen atoms in total. The third-order valence-electron chi connectivity index (χ3n) is 3.38. The highest BCUT2D eigenvalue weighted by atomic mass is 35.5. The average molecular weight is 267 g/mol. The summed E-state index contributed by atoms with van der Waals surface area (Å²) < 4.78 is 0. The van der Waals surface area contributed by atoms with E-state index in [9.17, 15) is 4.79 Å². The third-order valence-corrected chi connectivity index (χ3v) is 3.61. The highest BCUT2D eigenvalue weighted by Gasteiger charge is 2.22. The van der Waals surface area contributed by atoms with E-state index in [0.29, 0.717) is 5.02 Å². The van der Waals surface area contributed by atoms with E-state index in [1.165, 1.54) is 0 Å². The lowest BCUT2D eigenvalue weighted by molar-refractivity contribution is -0.126. The van der Waals surface area contributed by atoms with Gasteiger partial charge in [0.05, 0.1) is 12.0 Å². The Bertz CT molecular complexity index is 416. The number of benzene rings is 1. The van der Waals surface area contributed by atoms with Gasteiger partial charge in [0.1, 0.15) is 0 Å². The zero-order chi connectivity index (χ0) is 13.0. The summed E-state index contributed by atoms with van der Waals surface area (Å²) in [5.41, 5.74) is 1.04. The van der Waals surface area contributed by atoms with Crippen molar-refractivity contribution < 1.29 is 4.79 Å². The Morgan fingerprint density at radius 1 is 1.56 bits per heavy atom. The van der Waals surface area contributed by atoms with Gasteiger partial charge in [-0.15, -0.1) is 0 Å². The molecule has 1 aromatic carbocycles. The van der Waals surface area contributed by atoms with Crippen molar-refractivity contribution in [3.63, 3.8) is 0 Å². The molecule has 0 aliphatic carbocycles. The summed E-state index contributed by atoms with van der Waals surface area (Å²) in [7, 11) is 0. The van der Waals surface area contributed by atoms with E-state index in [1.54, 1.807) is 0 Å². The maximum Gasteiger partial charge on any atom is 0.224 e. The van der Waals surface area contributed by atoms with Crippen molar-refractivity contribution >= 4 is 17.5 Å². The van der Waals surface area contributed by atoms with Crippen molar-refractivity contribution in [2.45, 2.75) is 25.8 Å². The smallest absolute Gasteiger partial charge is 0.224 e. The van der Waals surface area contributed by atoms with Crippen molar-refractivity contribution in [2.24, 2.45) is 5.92 Å². The molecule has 0 spiro atoms. The molecule has 0 radical (unpaired) electrons. The van der Waals surface area contributed by atoms with Crippen LogP contribution in [0.25, 0.3) is 0 Å². The van der Waals surface area contributed by atoms with Crippen LogP contribution in [0.15, 0.2) is 24.3 Å². The van der Waals surface area contributed by atoms with Crippen molar-refractivity contribution in [2.75, 3.05) is 13.1 Å². The number of halogens is 1. The first kappa shape index (κ1) is 13.4. The van der Waals surface area contributed by atoms with Gasteiger partial charge in [0.25, 0.3) is 0 Å². The first-order valence-corrected chi connectivity index (χ1v) is 6.81. The van der Waals surface area contributed by atoms with Gasteiger partial charge in [-0.1, -0.05) is 23.7 Å². The van der Waals surface area contributed by atoms with Gasteiger partial charge in [-0.3, -0.25) is 4.79 Å². The molecular weight excluding hydrogens is 248 g/mol. The van der Waals surface area contributed by atoms with Crippen molar-refractivity contribution in [1.82, 2.24) is 10.6 Å². The largest absolute Gasteiger partial charge is 0.349 e. The molecule has 1 heterocycles. The van der Waals surface area contributed by atoms with E-state index in [1.807, 2.05) is 31.2 Å². The molecular formula is C14H19ClN2O. The second kappa shape index (κ2) is 6.21. The molecule has 0 unspecified atom stereocenters. The van der Waals surface area contributed by atoms with E-state index in [-0.39, 0.29) is 17.9 Å². The molecule has 0 bridgehead atoms. The van der Waals surface area contributed by atoms with Crippen molar-refractivity contribution in [1.29, 1.82) is 0 Å². The van der Waals surface area contributed by atoms with Gasteiger partial charge >= 0.3 is 0 Å². The summed E-state index contributed by atoms with van der Waals surface area (Å²) in [4.78, 5) is 12.1. The molecule has 1 fully saturated rings. The summed E-state index contributed by atoms with van der Waals surface area (Å²) in [6.45, 7) is 3.79. The topological polar surface area (TPSA) is 41.1 Å². The number of rotatable bonds is 3. The third kappa shape index (κ3) is 3.47. The predicted octanol–water partition coefficient (Wildman–Crippen LogP) is 2.52. The van der Waals surface area contributed by atoms with Crippen LogP contribution in [0.2, 0.25) is 5.02 Å². The monoisotopic (exact) mass is 266 g/mol.